The van der Waals surface area contributed by atoms with Gasteiger partial charge in [-0.05, 0) is 24.1 Å². The number of hydrogen-bond acceptors (Lipinski definition) is 2. The molecule has 19 heavy (non-hydrogen) atoms. The van der Waals surface area contributed by atoms with Crippen LogP contribution in [0.1, 0.15) is 37.8 Å². The number of halogens is 1. The normalized spacial score (nSPS) is 12.2. The third-order valence-electron chi connectivity index (χ3n) is 3.08. The molecule has 1 aromatic rings. The maximum atomic E-state index is 11.5. The van der Waals surface area contributed by atoms with Gasteiger partial charge < -0.3 is 10.2 Å². The fourth-order valence-corrected chi connectivity index (χ4v) is 2.07. The lowest BCUT2D eigenvalue weighted by atomic mass is 10.0. The Morgan fingerprint density at radius 2 is 1.95 bits per heavy atom. The smallest absolute Gasteiger partial charge is 0.223 e. The van der Waals surface area contributed by atoms with Crippen LogP contribution in [0.15, 0.2) is 24.3 Å². The Bertz CT molecular complexity index is 390. The Kier molecular flexibility index (Phi) is 6.89. The largest absolute Gasteiger partial charge is 0.349 e. The van der Waals surface area contributed by atoms with Crippen LogP contribution < -0.4 is 5.32 Å². The number of rotatable bonds is 7. The van der Waals surface area contributed by atoms with Gasteiger partial charge in [-0.25, -0.2) is 0 Å². The fraction of sp³-hybridized carbons (Fsp3) is 0.533. The quantitative estimate of drug-likeness (QED) is 0.833. The van der Waals surface area contributed by atoms with Crippen molar-refractivity contribution in [1.82, 2.24) is 10.2 Å². The standard InChI is InChI=1S/C15H23ClN2O/c1-4-5-14(12-6-8-13(16)9-7-12)17-11-10-15(19)18(2)3/h6-9,14,17H,4-5,10-11H2,1-3H3. The molecule has 0 heterocycles. The number of benzene rings is 1. The van der Waals surface area contributed by atoms with Crippen molar-refractivity contribution in [2.75, 3.05) is 20.6 Å². The summed E-state index contributed by atoms with van der Waals surface area (Å²) in [4.78, 5) is 13.2. The zero-order chi connectivity index (χ0) is 14.3. The van der Waals surface area contributed by atoms with E-state index in [0.717, 1.165) is 17.9 Å². The van der Waals surface area contributed by atoms with Crippen LogP contribution in [0, 0.1) is 0 Å². The van der Waals surface area contributed by atoms with E-state index in [2.05, 4.69) is 12.2 Å². The van der Waals surface area contributed by atoms with Crippen molar-refractivity contribution in [3.8, 4) is 0 Å². The molecule has 1 amide bonds. The van der Waals surface area contributed by atoms with E-state index in [4.69, 9.17) is 11.6 Å². The average Bonchev–Trinajstić information content (AvgIpc) is 2.38. The molecule has 0 bridgehead atoms. The van der Waals surface area contributed by atoms with Gasteiger partial charge in [-0.3, -0.25) is 4.79 Å². The fourth-order valence-electron chi connectivity index (χ4n) is 1.95. The molecule has 1 N–H and O–H groups in total. The van der Waals surface area contributed by atoms with Crippen LogP contribution in [-0.2, 0) is 4.79 Å². The summed E-state index contributed by atoms with van der Waals surface area (Å²) in [6.07, 6.45) is 2.68. The first-order chi connectivity index (χ1) is 9.04. The van der Waals surface area contributed by atoms with Crippen molar-refractivity contribution in [2.45, 2.75) is 32.2 Å². The molecule has 1 aromatic carbocycles. The second-order valence-corrected chi connectivity index (χ2v) is 5.32. The summed E-state index contributed by atoms with van der Waals surface area (Å²) in [6.45, 7) is 2.86. The van der Waals surface area contributed by atoms with E-state index in [0.29, 0.717) is 13.0 Å². The Morgan fingerprint density at radius 3 is 2.47 bits per heavy atom. The summed E-state index contributed by atoms with van der Waals surface area (Å²) >= 11 is 5.90. The molecule has 0 aliphatic heterocycles. The summed E-state index contributed by atoms with van der Waals surface area (Å²) in [7, 11) is 3.57. The van der Waals surface area contributed by atoms with Gasteiger partial charge in [0.15, 0.2) is 0 Å². The molecule has 1 unspecified atom stereocenters. The van der Waals surface area contributed by atoms with E-state index < -0.39 is 0 Å². The van der Waals surface area contributed by atoms with Crippen molar-refractivity contribution in [2.24, 2.45) is 0 Å². The maximum absolute atomic E-state index is 11.5. The second kappa shape index (κ2) is 8.18. The van der Waals surface area contributed by atoms with Gasteiger partial charge in [0.05, 0.1) is 0 Å². The minimum atomic E-state index is 0.152. The first-order valence-corrected chi connectivity index (χ1v) is 7.11. The molecule has 0 saturated carbocycles. The summed E-state index contributed by atoms with van der Waals surface area (Å²) < 4.78 is 0. The van der Waals surface area contributed by atoms with Gasteiger partial charge in [0.25, 0.3) is 0 Å². The van der Waals surface area contributed by atoms with E-state index in [9.17, 15) is 4.79 Å². The van der Waals surface area contributed by atoms with Crippen LogP contribution in [0.25, 0.3) is 0 Å². The number of hydrogen-bond donors (Lipinski definition) is 1. The lowest BCUT2D eigenvalue weighted by Gasteiger charge is -2.19. The van der Waals surface area contributed by atoms with Crippen molar-refractivity contribution < 1.29 is 4.79 Å². The molecule has 1 rings (SSSR count). The van der Waals surface area contributed by atoms with Crippen molar-refractivity contribution >= 4 is 17.5 Å². The van der Waals surface area contributed by atoms with Gasteiger partial charge in [0.1, 0.15) is 0 Å². The van der Waals surface area contributed by atoms with Crippen LogP contribution in [-0.4, -0.2) is 31.4 Å². The first kappa shape index (κ1) is 16.0. The van der Waals surface area contributed by atoms with E-state index in [1.54, 1.807) is 19.0 Å². The van der Waals surface area contributed by atoms with Gasteiger partial charge >= 0.3 is 0 Å². The zero-order valence-electron chi connectivity index (χ0n) is 11.9. The maximum Gasteiger partial charge on any atom is 0.223 e. The van der Waals surface area contributed by atoms with Gasteiger partial charge in [-0.1, -0.05) is 37.1 Å². The van der Waals surface area contributed by atoms with Gasteiger partial charge in [-0.2, -0.15) is 0 Å². The molecule has 0 fully saturated rings. The SMILES string of the molecule is CCCC(NCCC(=O)N(C)C)c1ccc(Cl)cc1. The highest BCUT2D eigenvalue weighted by atomic mass is 35.5. The van der Waals surface area contributed by atoms with Crippen molar-refractivity contribution in [3.63, 3.8) is 0 Å². The topological polar surface area (TPSA) is 32.3 Å². The molecule has 0 aliphatic rings. The molecule has 4 heteroatoms. The van der Waals surface area contributed by atoms with Crippen LogP contribution >= 0.6 is 11.6 Å². The van der Waals surface area contributed by atoms with Crippen molar-refractivity contribution in [3.05, 3.63) is 34.9 Å². The molecular weight excluding hydrogens is 260 g/mol. The Balaban J connectivity index is 2.53. The summed E-state index contributed by atoms with van der Waals surface area (Å²) in [6, 6.07) is 8.20. The highest BCUT2D eigenvalue weighted by Crippen LogP contribution is 2.20. The summed E-state index contributed by atoms with van der Waals surface area (Å²) in [5.41, 5.74) is 1.23. The van der Waals surface area contributed by atoms with Crippen molar-refractivity contribution in [1.29, 1.82) is 0 Å². The molecule has 0 radical (unpaired) electrons. The Hall–Kier alpha value is -1.06. The van der Waals surface area contributed by atoms with Crippen LogP contribution in [0.3, 0.4) is 0 Å². The number of nitrogens with one attached hydrogen (secondary N) is 1. The summed E-state index contributed by atoms with van der Waals surface area (Å²) in [5, 5.41) is 4.20. The Labute approximate surface area is 120 Å². The van der Waals surface area contributed by atoms with Gasteiger partial charge in [0, 0.05) is 38.1 Å². The van der Waals surface area contributed by atoms with Crippen LogP contribution in [0.2, 0.25) is 5.02 Å². The predicted octanol–water partition coefficient (Wildman–Crippen LogP) is 3.25. The van der Waals surface area contributed by atoms with Gasteiger partial charge in [-0.15, -0.1) is 0 Å². The average molecular weight is 283 g/mol. The predicted molar refractivity (Wildman–Crippen MR) is 80.4 cm³/mol. The highest BCUT2D eigenvalue weighted by molar-refractivity contribution is 6.30. The minimum Gasteiger partial charge on any atom is -0.349 e. The number of carbonyl (C=O) groups excluding carboxylic acids is 1. The third-order valence-corrected chi connectivity index (χ3v) is 3.33. The first-order valence-electron chi connectivity index (χ1n) is 6.73. The molecule has 0 saturated heterocycles. The molecule has 106 valence electrons. The van der Waals surface area contributed by atoms with E-state index in [1.165, 1.54) is 5.56 Å². The number of amides is 1. The lowest BCUT2D eigenvalue weighted by molar-refractivity contribution is -0.128. The van der Waals surface area contributed by atoms with Gasteiger partial charge in [0.2, 0.25) is 5.91 Å². The second-order valence-electron chi connectivity index (χ2n) is 4.89. The monoisotopic (exact) mass is 282 g/mol. The molecule has 0 aromatic heterocycles. The number of nitrogens with zero attached hydrogens (tertiary/aromatic N) is 1. The molecule has 0 spiro atoms. The summed E-state index contributed by atoms with van der Waals surface area (Å²) in [5.74, 6) is 0.152. The molecule has 3 nitrogen and oxygen atoms in total. The zero-order valence-corrected chi connectivity index (χ0v) is 12.7. The molecule has 0 aliphatic carbocycles. The van der Waals surface area contributed by atoms with Crippen LogP contribution in [0.4, 0.5) is 0 Å². The number of carbonyl (C=O) groups is 1. The van der Waals surface area contributed by atoms with E-state index >= 15 is 0 Å². The molecule has 1 atom stereocenters. The molecular formula is C15H23ClN2O. The Morgan fingerprint density at radius 1 is 1.32 bits per heavy atom. The lowest BCUT2D eigenvalue weighted by Crippen LogP contribution is -2.29. The van der Waals surface area contributed by atoms with E-state index in [1.807, 2.05) is 24.3 Å². The van der Waals surface area contributed by atoms with Crippen LogP contribution in [0.5, 0.6) is 0 Å². The highest BCUT2D eigenvalue weighted by Gasteiger charge is 2.11. The minimum absolute atomic E-state index is 0.152. The van der Waals surface area contributed by atoms with E-state index in [-0.39, 0.29) is 11.9 Å². The third kappa shape index (κ3) is 5.62.